The Labute approximate surface area is 148 Å². The minimum Gasteiger partial charge on any atom is -0.490 e. The van der Waals surface area contributed by atoms with Gasteiger partial charge in [0.15, 0.2) is 18.1 Å². The van der Waals surface area contributed by atoms with Gasteiger partial charge in [0.2, 0.25) is 0 Å². The zero-order valence-electron chi connectivity index (χ0n) is 13.6. The highest BCUT2D eigenvalue weighted by atomic mass is 79.9. The first-order valence-electron chi connectivity index (χ1n) is 7.19. The van der Waals surface area contributed by atoms with Gasteiger partial charge in [-0.1, -0.05) is 0 Å². The molecule has 1 aromatic heterocycles. The van der Waals surface area contributed by atoms with Crippen molar-refractivity contribution in [3.8, 4) is 11.5 Å². The molecular formula is C15H18BrN5O3. The molecule has 2 aromatic rings. The Morgan fingerprint density at radius 1 is 1.33 bits per heavy atom. The fourth-order valence-corrected chi connectivity index (χ4v) is 2.29. The molecule has 128 valence electrons. The molecule has 0 unspecified atom stereocenters. The minimum atomic E-state index is -0.136. The van der Waals surface area contributed by atoms with Gasteiger partial charge in [0.25, 0.3) is 5.91 Å². The van der Waals surface area contributed by atoms with E-state index in [9.17, 15) is 4.79 Å². The average molecular weight is 396 g/mol. The molecule has 1 heterocycles. The van der Waals surface area contributed by atoms with E-state index in [4.69, 9.17) is 9.47 Å². The third kappa shape index (κ3) is 4.79. The van der Waals surface area contributed by atoms with Gasteiger partial charge in [0, 0.05) is 14.1 Å². The lowest BCUT2D eigenvalue weighted by Gasteiger charge is -2.16. The van der Waals surface area contributed by atoms with Gasteiger partial charge in [0.1, 0.15) is 12.7 Å². The zero-order valence-corrected chi connectivity index (χ0v) is 15.2. The molecule has 0 saturated carbocycles. The van der Waals surface area contributed by atoms with Gasteiger partial charge in [-0.05, 0) is 40.5 Å². The van der Waals surface area contributed by atoms with E-state index in [0.29, 0.717) is 22.6 Å². The Morgan fingerprint density at radius 2 is 2.04 bits per heavy atom. The van der Waals surface area contributed by atoms with E-state index in [0.717, 1.165) is 5.56 Å². The maximum absolute atomic E-state index is 11.7. The summed E-state index contributed by atoms with van der Waals surface area (Å²) in [6.45, 7) is 2.27. The molecule has 0 aliphatic rings. The molecule has 0 atom stereocenters. The molecule has 1 aromatic carbocycles. The molecule has 0 fully saturated rings. The SMILES string of the molecule is CCOc1cc(/C=N\n2cnnc2)cc(Br)c1OCC(=O)N(C)C. The van der Waals surface area contributed by atoms with Crippen LogP contribution in [0.5, 0.6) is 11.5 Å². The molecule has 0 spiro atoms. The van der Waals surface area contributed by atoms with E-state index in [-0.39, 0.29) is 12.5 Å². The predicted molar refractivity (Wildman–Crippen MR) is 92.5 cm³/mol. The van der Waals surface area contributed by atoms with Crippen LogP contribution in [-0.4, -0.2) is 59.2 Å². The van der Waals surface area contributed by atoms with Crippen LogP contribution in [0.4, 0.5) is 0 Å². The number of halogens is 1. The van der Waals surface area contributed by atoms with E-state index >= 15 is 0 Å². The summed E-state index contributed by atoms with van der Waals surface area (Å²) in [5, 5.41) is 11.5. The number of amides is 1. The summed E-state index contributed by atoms with van der Waals surface area (Å²) in [7, 11) is 3.35. The normalized spacial score (nSPS) is 10.8. The van der Waals surface area contributed by atoms with Crippen LogP contribution in [0.25, 0.3) is 0 Å². The van der Waals surface area contributed by atoms with Gasteiger partial charge < -0.3 is 14.4 Å². The second-order valence-corrected chi connectivity index (χ2v) is 5.78. The maximum Gasteiger partial charge on any atom is 0.259 e. The molecule has 9 heteroatoms. The third-order valence-electron chi connectivity index (χ3n) is 2.92. The highest BCUT2D eigenvalue weighted by molar-refractivity contribution is 9.10. The molecule has 0 N–H and O–H groups in total. The number of hydrogen-bond acceptors (Lipinski definition) is 6. The van der Waals surface area contributed by atoms with Crippen molar-refractivity contribution < 1.29 is 14.3 Å². The maximum atomic E-state index is 11.7. The number of carbonyl (C=O) groups is 1. The highest BCUT2D eigenvalue weighted by Gasteiger charge is 2.14. The molecule has 0 aliphatic heterocycles. The summed E-state index contributed by atoms with van der Waals surface area (Å²) in [5.74, 6) is 0.875. The lowest BCUT2D eigenvalue weighted by atomic mass is 10.2. The number of carbonyl (C=O) groups excluding carboxylic acids is 1. The summed E-state index contributed by atoms with van der Waals surface area (Å²) in [6.07, 6.45) is 4.62. The Balaban J connectivity index is 2.23. The van der Waals surface area contributed by atoms with Crippen molar-refractivity contribution in [3.05, 3.63) is 34.8 Å². The van der Waals surface area contributed by atoms with Crippen molar-refractivity contribution in [1.29, 1.82) is 0 Å². The summed E-state index contributed by atoms with van der Waals surface area (Å²) in [6, 6.07) is 3.61. The second-order valence-electron chi connectivity index (χ2n) is 4.93. The first-order chi connectivity index (χ1) is 11.5. The van der Waals surface area contributed by atoms with Crippen LogP contribution in [0.3, 0.4) is 0 Å². The monoisotopic (exact) mass is 395 g/mol. The molecule has 0 aliphatic carbocycles. The van der Waals surface area contributed by atoms with E-state index in [2.05, 4.69) is 31.2 Å². The van der Waals surface area contributed by atoms with E-state index in [1.807, 2.05) is 13.0 Å². The van der Waals surface area contributed by atoms with Crippen molar-refractivity contribution in [2.24, 2.45) is 5.10 Å². The lowest BCUT2D eigenvalue weighted by Crippen LogP contribution is -2.27. The molecule has 2 rings (SSSR count). The summed E-state index contributed by atoms with van der Waals surface area (Å²) in [4.78, 5) is 13.2. The number of rotatable bonds is 7. The quantitative estimate of drug-likeness (QED) is 0.667. The Hall–Kier alpha value is -2.42. The largest absolute Gasteiger partial charge is 0.490 e. The lowest BCUT2D eigenvalue weighted by molar-refractivity contribution is -0.130. The van der Waals surface area contributed by atoms with E-state index in [1.54, 1.807) is 26.4 Å². The van der Waals surface area contributed by atoms with Gasteiger partial charge in [0.05, 0.1) is 17.3 Å². The fraction of sp³-hybridized carbons (Fsp3) is 0.333. The van der Waals surface area contributed by atoms with Gasteiger partial charge >= 0.3 is 0 Å². The molecule has 0 bridgehead atoms. The molecule has 0 radical (unpaired) electrons. The van der Waals surface area contributed by atoms with Crippen molar-refractivity contribution in [1.82, 2.24) is 19.8 Å². The Kier molecular flexibility index (Phi) is 6.30. The van der Waals surface area contributed by atoms with E-state index < -0.39 is 0 Å². The number of hydrogen-bond donors (Lipinski definition) is 0. The van der Waals surface area contributed by atoms with Crippen LogP contribution in [0.1, 0.15) is 12.5 Å². The van der Waals surface area contributed by atoms with Crippen LogP contribution in [0.15, 0.2) is 34.4 Å². The van der Waals surface area contributed by atoms with Crippen molar-refractivity contribution in [2.45, 2.75) is 6.92 Å². The standard InChI is InChI=1S/C15H18BrN5O3/c1-4-23-13-6-11(7-19-21-9-17-18-10-21)5-12(16)15(13)24-8-14(22)20(2)3/h5-7,9-10H,4,8H2,1-3H3/b19-7-. The number of likely N-dealkylation sites (N-methyl/N-ethyl adjacent to an activating group) is 1. The fourth-order valence-electron chi connectivity index (χ4n) is 1.72. The minimum absolute atomic E-state index is 0.0696. The van der Waals surface area contributed by atoms with Gasteiger partial charge in [-0.3, -0.25) is 4.79 Å². The molecule has 8 nitrogen and oxygen atoms in total. The van der Waals surface area contributed by atoms with Gasteiger partial charge in [-0.15, -0.1) is 10.2 Å². The van der Waals surface area contributed by atoms with Crippen LogP contribution in [-0.2, 0) is 4.79 Å². The van der Waals surface area contributed by atoms with Gasteiger partial charge in [-0.2, -0.15) is 5.10 Å². The summed E-state index contributed by atoms with van der Waals surface area (Å²) >= 11 is 3.45. The van der Waals surface area contributed by atoms with Crippen LogP contribution < -0.4 is 9.47 Å². The molecular weight excluding hydrogens is 378 g/mol. The van der Waals surface area contributed by atoms with Crippen LogP contribution in [0.2, 0.25) is 0 Å². The third-order valence-corrected chi connectivity index (χ3v) is 3.51. The Bertz CT molecular complexity index is 716. The first kappa shape index (κ1) is 17.9. The second kappa shape index (κ2) is 8.44. The van der Waals surface area contributed by atoms with E-state index in [1.165, 1.54) is 22.2 Å². The Morgan fingerprint density at radius 3 is 2.67 bits per heavy atom. The van der Waals surface area contributed by atoms with Crippen molar-refractivity contribution in [2.75, 3.05) is 27.3 Å². The topological polar surface area (TPSA) is 81.8 Å². The van der Waals surface area contributed by atoms with Crippen LogP contribution >= 0.6 is 15.9 Å². The van der Waals surface area contributed by atoms with Crippen molar-refractivity contribution >= 4 is 28.1 Å². The zero-order chi connectivity index (χ0) is 17.5. The summed E-state index contributed by atoms with van der Waals surface area (Å²) < 4.78 is 13.4. The molecule has 1 amide bonds. The number of ether oxygens (including phenoxy) is 2. The average Bonchev–Trinajstić information content (AvgIpc) is 3.05. The highest BCUT2D eigenvalue weighted by Crippen LogP contribution is 2.36. The number of aromatic nitrogens is 3. The van der Waals surface area contributed by atoms with Crippen molar-refractivity contribution in [3.63, 3.8) is 0 Å². The molecule has 0 saturated heterocycles. The van der Waals surface area contributed by atoms with Gasteiger partial charge in [-0.25, -0.2) is 4.68 Å². The molecule has 24 heavy (non-hydrogen) atoms. The van der Waals surface area contributed by atoms with Crippen LogP contribution in [0, 0.1) is 0 Å². The smallest absolute Gasteiger partial charge is 0.259 e. The number of nitrogens with zero attached hydrogens (tertiary/aromatic N) is 5. The number of benzene rings is 1. The predicted octanol–water partition coefficient (Wildman–Crippen LogP) is 1.79. The summed E-state index contributed by atoms with van der Waals surface area (Å²) in [5.41, 5.74) is 0.797. The first-order valence-corrected chi connectivity index (χ1v) is 7.98.